The molecule has 1 aliphatic heterocycles. The molecule has 1 amide bonds. The maximum absolute atomic E-state index is 12.9. The molecule has 0 radical (unpaired) electrons. The van der Waals surface area contributed by atoms with Gasteiger partial charge in [-0.2, -0.15) is 0 Å². The fourth-order valence-corrected chi connectivity index (χ4v) is 2.71. The molecule has 116 valence electrons. The second kappa shape index (κ2) is 6.25. The summed E-state index contributed by atoms with van der Waals surface area (Å²) in [5.74, 6) is 1.08. The highest BCUT2D eigenvalue weighted by Gasteiger charge is 2.26. The van der Waals surface area contributed by atoms with Crippen LogP contribution < -0.4 is 0 Å². The zero-order valence-corrected chi connectivity index (χ0v) is 12.5. The Morgan fingerprint density at radius 3 is 2.59 bits per heavy atom. The van der Waals surface area contributed by atoms with Crippen LogP contribution in [0.5, 0.6) is 0 Å². The molecule has 1 fully saturated rings. The van der Waals surface area contributed by atoms with Gasteiger partial charge in [-0.05, 0) is 37.1 Å². The van der Waals surface area contributed by atoms with Crippen molar-refractivity contribution in [1.29, 1.82) is 0 Å². The highest BCUT2D eigenvalue weighted by Crippen LogP contribution is 2.29. The average Bonchev–Trinajstić information content (AvgIpc) is 3.05. The predicted molar refractivity (Wildman–Crippen MR) is 78.5 cm³/mol. The average molecular weight is 303 g/mol. The number of halogens is 1. The van der Waals surface area contributed by atoms with Crippen molar-refractivity contribution in [2.75, 3.05) is 13.1 Å². The Balaban J connectivity index is 1.67. The van der Waals surface area contributed by atoms with E-state index in [1.165, 1.54) is 12.1 Å². The van der Waals surface area contributed by atoms with E-state index in [0.717, 1.165) is 25.9 Å². The minimum absolute atomic E-state index is 0.183. The molecule has 0 N–H and O–H groups in total. The molecule has 0 aliphatic carbocycles. The summed E-state index contributed by atoms with van der Waals surface area (Å²) in [7, 11) is 0. The molecule has 3 rings (SSSR count). The molecule has 1 aromatic carbocycles. The van der Waals surface area contributed by atoms with Crippen LogP contribution >= 0.6 is 0 Å². The topological polar surface area (TPSA) is 59.2 Å². The van der Waals surface area contributed by atoms with E-state index in [1.807, 2.05) is 11.8 Å². The van der Waals surface area contributed by atoms with Gasteiger partial charge in [0.15, 0.2) is 0 Å². The van der Waals surface area contributed by atoms with E-state index in [-0.39, 0.29) is 17.6 Å². The highest BCUT2D eigenvalue weighted by molar-refractivity contribution is 5.75. The Labute approximate surface area is 128 Å². The lowest BCUT2D eigenvalue weighted by Crippen LogP contribution is -2.37. The summed E-state index contributed by atoms with van der Waals surface area (Å²) in [4.78, 5) is 13.6. The second-order valence-corrected chi connectivity index (χ2v) is 5.46. The summed E-state index contributed by atoms with van der Waals surface area (Å²) < 4.78 is 18.7. The molecule has 1 aromatic heterocycles. The third-order valence-electron chi connectivity index (χ3n) is 4.03. The Morgan fingerprint density at radius 1 is 1.27 bits per heavy atom. The number of likely N-dealkylation sites (tertiary alicyclic amines) is 1. The zero-order chi connectivity index (χ0) is 15.5. The van der Waals surface area contributed by atoms with Crippen molar-refractivity contribution >= 4 is 5.91 Å². The van der Waals surface area contributed by atoms with Gasteiger partial charge < -0.3 is 9.32 Å². The Morgan fingerprint density at radius 2 is 1.95 bits per heavy atom. The largest absolute Gasteiger partial charge is 0.420 e. The molecule has 0 saturated carbocycles. The Hall–Kier alpha value is -2.24. The number of hydrogen-bond acceptors (Lipinski definition) is 4. The first-order chi connectivity index (χ1) is 10.7. The van der Waals surface area contributed by atoms with E-state index in [1.54, 1.807) is 12.1 Å². The van der Waals surface area contributed by atoms with E-state index >= 15 is 0 Å². The number of benzene rings is 1. The van der Waals surface area contributed by atoms with Crippen molar-refractivity contribution in [3.05, 3.63) is 36.0 Å². The van der Waals surface area contributed by atoms with Crippen LogP contribution in [-0.4, -0.2) is 34.1 Å². The molecule has 6 heteroatoms. The van der Waals surface area contributed by atoms with Gasteiger partial charge in [0.1, 0.15) is 5.82 Å². The number of rotatable bonds is 3. The van der Waals surface area contributed by atoms with Crippen molar-refractivity contribution in [3.8, 4) is 11.5 Å². The summed E-state index contributed by atoms with van der Waals surface area (Å²) in [6.45, 7) is 3.33. The first-order valence-corrected chi connectivity index (χ1v) is 7.54. The molecule has 22 heavy (non-hydrogen) atoms. The normalized spacial score (nSPS) is 16.0. The molecule has 0 spiro atoms. The van der Waals surface area contributed by atoms with Gasteiger partial charge in [0.25, 0.3) is 0 Å². The fourth-order valence-electron chi connectivity index (χ4n) is 2.71. The SMILES string of the molecule is CCC(=O)N1CCC(c2nnc(-c3ccc(F)cc3)o2)CC1. The molecular weight excluding hydrogens is 285 g/mol. The molecule has 0 unspecified atom stereocenters. The Bertz CT molecular complexity index is 646. The van der Waals surface area contributed by atoms with E-state index in [4.69, 9.17) is 4.42 Å². The summed E-state index contributed by atoms with van der Waals surface area (Å²) in [5, 5.41) is 8.16. The van der Waals surface area contributed by atoms with Crippen LogP contribution in [0.3, 0.4) is 0 Å². The number of aromatic nitrogens is 2. The highest BCUT2D eigenvalue weighted by atomic mass is 19.1. The van der Waals surface area contributed by atoms with Gasteiger partial charge in [-0.15, -0.1) is 10.2 Å². The first-order valence-electron chi connectivity index (χ1n) is 7.54. The fraction of sp³-hybridized carbons (Fsp3) is 0.438. The summed E-state index contributed by atoms with van der Waals surface area (Å²) >= 11 is 0. The van der Waals surface area contributed by atoms with E-state index < -0.39 is 0 Å². The van der Waals surface area contributed by atoms with Crippen molar-refractivity contribution in [2.45, 2.75) is 32.1 Å². The standard InChI is InChI=1S/C16H18FN3O2/c1-2-14(21)20-9-7-12(8-10-20)16-19-18-15(22-16)11-3-5-13(17)6-4-11/h3-6,12H,2,7-10H2,1H3. The first kappa shape index (κ1) is 14.7. The number of piperidine rings is 1. The number of amides is 1. The van der Waals surface area contributed by atoms with Crippen molar-refractivity contribution in [3.63, 3.8) is 0 Å². The summed E-state index contributed by atoms with van der Waals surface area (Å²) in [5.41, 5.74) is 0.707. The molecule has 5 nitrogen and oxygen atoms in total. The molecular formula is C16H18FN3O2. The molecule has 2 heterocycles. The molecule has 1 aliphatic rings. The number of hydrogen-bond donors (Lipinski definition) is 0. The van der Waals surface area contributed by atoms with Crippen LogP contribution in [-0.2, 0) is 4.79 Å². The zero-order valence-electron chi connectivity index (χ0n) is 12.5. The third kappa shape index (κ3) is 3.00. The predicted octanol–water partition coefficient (Wildman–Crippen LogP) is 2.99. The minimum atomic E-state index is -0.295. The van der Waals surface area contributed by atoms with Gasteiger partial charge in [0, 0.05) is 31.0 Å². The summed E-state index contributed by atoms with van der Waals surface area (Å²) in [6, 6.07) is 5.98. The quantitative estimate of drug-likeness (QED) is 0.874. The monoisotopic (exact) mass is 303 g/mol. The van der Waals surface area contributed by atoms with Gasteiger partial charge in [-0.1, -0.05) is 6.92 Å². The number of carbonyl (C=O) groups is 1. The maximum Gasteiger partial charge on any atom is 0.247 e. The van der Waals surface area contributed by atoms with Crippen molar-refractivity contribution in [1.82, 2.24) is 15.1 Å². The lowest BCUT2D eigenvalue weighted by atomic mass is 9.96. The van der Waals surface area contributed by atoms with Crippen LogP contribution in [0.2, 0.25) is 0 Å². The van der Waals surface area contributed by atoms with E-state index in [9.17, 15) is 9.18 Å². The third-order valence-corrected chi connectivity index (χ3v) is 4.03. The van der Waals surface area contributed by atoms with Crippen LogP contribution in [0.15, 0.2) is 28.7 Å². The van der Waals surface area contributed by atoms with Crippen LogP contribution in [0.1, 0.15) is 38.0 Å². The van der Waals surface area contributed by atoms with Crippen molar-refractivity contribution in [2.24, 2.45) is 0 Å². The van der Waals surface area contributed by atoms with Gasteiger partial charge in [0.2, 0.25) is 17.7 Å². The second-order valence-electron chi connectivity index (χ2n) is 5.46. The molecule has 2 aromatic rings. The van der Waals surface area contributed by atoms with Crippen molar-refractivity contribution < 1.29 is 13.6 Å². The molecule has 0 atom stereocenters. The van der Waals surface area contributed by atoms with Gasteiger partial charge in [-0.3, -0.25) is 4.79 Å². The smallest absolute Gasteiger partial charge is 0.247 e. The number of nitrogens with zero attached hydrogens (tertiary/aromatic N) is 3. The lowest BCUT2D eigenvalue weighted by molar-refractivity contribution is -0.131. The maximum atomic E-state index is 12.9. The minimum Gasteiger partial charge on any atom is -0.420 e. The molecule has 0 bridgehead atoms. The van der Waals surface area contributed by atoms with E-state index in [2.05, 4.69) is 10.2 Å². The number of carbonyl (C=O) groups excluding carboxylic acids is 1. The summed E-state index contributed by atoms with van der Waals surface area (Å²) in [6.07, 6.45) is 2.20. The van der Waals surface area contributed by atoms with E-state index in [0.29, 0.717) is 23.8 Å². The Kier molecular flexibility index (Phi) is 4.18. The molecule has 1 saturated heterocycles. The van der Waals surface area contributed by atoms with Gasteiger partial charge >= 0.3 is 0 Å². The van der Waals surface area contributed by atoms with Gasteiger partial charge in [-0.25, -0.2) is 4.39 Å². The van der Waals surface area contributed by atoms with Crippen LogP contribution in [0, 0.1) is 5.82 Å². The lowest BCUT2D eigenvalue weighted by Gasteiger charge is -2.30. The van der Waals surface area contributed by atoms with Gasteiger partial charge in [0.05, 0.1) is 0 Å². The van der Waals surface area contributed by atoms with Crippen LogP contribution in [0.25, 0.3) is 11.5 Å². The van der Waals surface area contributed by atoms with Crippen LogP contribution in [0.4, 0.5) is 4.39 Å².